The van der Waals surface area contributed by atoms with E-state index in [9.17, 15) is 10.1 Å². The van der Waals surface area contributed by atoms with E-state index in [4.69, 9.17) is 20.4 Å². The number of nitro groups is 1. The van der Waals surface area contributed by atoms with Crippen LogP contribution in [0.15, 0.2) is 57.4 Å². The monoisotopic (exact) mass is 341 g/mol. The molecule has 0 saturated carbocycles. The molecule has 118 valence electrons. The molecule has 0 aliphatic carbocycles. The quantitative estimate of drug-likeness (QED) is 0.395. The minimum absolute atomic E-state index is 0.0503. The first-order chi connectivity index (χ1) is 11.6. The summed E-state index contributed by atoms with van der Waals surface area (Å²) in [7, 11) is 0. The van der Waals surface area contributed by atoms with Crippen LogP contribution in [0.25, 0.3) is 34.1 Å². The van der Waals surface area contributed by atoms with Crippen molar-refractivity contribution in [1.29, 1.82) is 0 Å². The molecule has 0 N–H and O–H groups in total. The highest BCUT2D eigenvalue weighted by atomic mass is 35.5. The molecule has 2 aromatic heterocycles. The number of rotatable bonds is 3. The first-order valence-electron chi connectivity index (χ1n) is 6.88. The number of aromatic nitrogens is 2. The van der Waals surface area contributed by atoms with Gasteiger partial charge in [0.05, 0.1) is 21.6 Å². The zero-order valence-electron chi connectivity index (χ0n) is 12.0. The van der Waals surface area contributed by atoms with Crippen molar-refractivity contribution in [3.8, 4) is 23.1 Å². The molecule has 7 nitrogen and oxygen atoms in total. The highest BCUT2D eigenvalue weighted by molar-refractivity contribution is 6.33. The molecular formula is C16H8ClN3O4. The Bertz CT molecular complexity index is 1070. The highest BCUT2D eigenvalue weighted by Gasteiger charge is 2.17. The maximum Gasteiger partial charge on any atom is 0.283 e. The summed E-state index contributed by atoms with van der Waals surface area (Å²) in [6.45, 7) is 0. The Kier molecular flexibility index (Phi) is 3.28. The maximum absolute atomic E-state index is 10.8. The topological polar surface area (TPSA) is 95.2 Å². The first kappa shape index (κ1) is 14.4. The Balaban J connectivity index is 1.76. The summed E-state index contributed by atoms with van der Waals surface area (Å²) >= 11 is 6.11. The smallest absolute Gasteiger partial charge is 0.283 e. The van der Waals surface area contributed by atoms with E-state index in [1.165, 1.54) is 12.1 Å². The number of furan rings is 1. The molecule has 0 unspecified atom stereocenters. The van der Waals surface area contributed by atoms with Crippen LogP contribution in [0.3, 0.4) is 0 Å². The number of nitro benzene ring substituents is 1. The minimum atomic E-state index is -0.482. The predicted octanol–water partition coefficient (Wildman–Crippen LogP) is 4.71. The van der Waals surface area contributed by atoms with Gasteiger partial charge in [-0.15, -0.1) is 10.2 Å². The van der Waals surface area contributed by atoms with Crippen molar-refractivity contribution in [3.05, 3.63) is 63.7 Å². The first-order valence-corrected chi connectivity index (χ1v) is 7.26. The van der Waals surface area contributed by atoms with Gasteiger partial charge >= 0.3 is 0 Å². The molecular weight excluding hydrogens is 334 g/mol. The molecule has 2 heterocycles. The Hall–Kier alpha value is -3.19. The molecule has 0 fully saturated rings. The van der Waals surface area contributed by atoms with E-state index >= 15 is 0 Å². The lowest BCUT2D eigenvalue weighted by Crippen LogP contribution is -1.85. The number of halogens is 1. The van der Waals surface area contributed by atoms with E-state index in [-0.39, 0.29) is 17.5 Å². The number of benzene rings is 2. The predicted molar refractivity (Wildman–Crippen MR) is 86.6 cm³/mol. The van der Waals surface area contributed by atoms with Gasteiger partial charge < -0.3 is 8.83 Å². The Morgan fingerprint density at radius 2 is 1.79 bits per heavy atom. The van der Waals surface area contributed by atoms with Crippen LogP contribution in [0.5, 0.6) is 0 Å². The van der Waals surface area contributed by atoms with Crippen LogP contribution >= 0.6 is 11.6 Å². The molecule has 0 bridgehead atoms. The molecule has 0 saturated heterocycles. The molecule has 0 atom stereocenters. The fourth-order valence-electron chi connectivity index (χ4n) is 2.31. The van der Waals surface area contributed by atoms with Gasteiger partial charge in [0.1, 0.15) is 5.58 Å². The van der Waals surface area contributed by atoms with Crippen LogP contribution in [0.4, 0.5) is 5.69 Å². The average molecular weight is 342 g/mol. The summed E-state index contributed by atoms with van der Waals surface area (Å²) in [6, 6.07) is 13.1. The van der Waals surface area contributed by atoms with Crippen LogP contribution < -0.4 is 0 Å². The van der Waals surface area contributed by atoms with Gasteiger partial charge in [-0.2, -0.15) is 0 Å². The summed E-state index contributed by atoms with van der Waals surface area (Å²) in [5.74, 6) is 0.766. The van der Waals surface area contributed by atoms with Crippen LogP contribution in [0.2, 0.25) is 5.02 Å². The van der Waals surface area contributed by atoms with Gasteiger partial charge in [0.15, 0.2) is 5.76 Å². The van der Waals surface area contributed by atoms with Gasteiger partial charge in [0.25, 0.3) is 11.6 Å². The summed E-state index contributed by atoms with van der Waals surface area (Å²) in [5, 5.41) is 19.9. The van der Waals surface area contributed by atoms with Crippen molar-refractivity contribution >= 4 is 28.3 Å². The molecule has 4 aromatic rings. The third kappa shape index (κ3) is 2.40. The third-order valence-corrected chi connectivity index (χ3v) is 3.78. The largest absolute Gasteiger partial charge is 0.451 e. The number of hydrogen-bond donors (Lipinski definition) is 0. The Labute approximate surface area is 139 Å². The SMILES string of the molecule is O=[N+]([O-])c1ccc2cc(-c3nnc(-c4ccccc4Cl)o3)oc2c1. The number of fused-ring (bicyclic) bond motifs is 1. The summed E-state index contributed by atoms with van der Waals surface area (Å²) in [4.78, 5) is 10.3. The standard InChI is InChI=1S/C16H8ClN3O4/c17-12-4-2-1-3-11(12)15-18-19-16(24-15)14-7-9-5-6-10(20(21)22)8-13(9)23-14/h1-8H. The fraction of sp³-hybridized carbons (Fsp3) is 0. The summed E-state index contributed by atoms with van der Waals surface area (Å²) in [5.41, 5.74) is 0.937. The van der Waals surface area contributed by atoms with Gasteiger partial charge in [0.2, 0.25) is 5.89 Å². The molecule has 24 heavy (non-hydrogen) atoms. The van der Waals surface area contributed by atoms with E-state index in [0.717, 1.165) is 0 Å². The molecule has 0 spiro atoms. The van der Waals surface area contributed by atoms with Crippen LogP contribution in [-0.2, 0) is 0 Å². The number of hydrogen-bond acceptors (Lipinski definition) is 6. The maximum atomic E-state index is 10.8. The van der Waals surface area contributed by atoms with E-state index in [2.05, 4.69) is 10.2 Å². The van der Waals surface area contributed by atoms with Gasteiger partial charge in [-0.25, -0.2) is 0 Å². The number of non-ortho nitro benzene ring substituents is 1. The highest BCUT2D eigenvalue weighted by Crippen LogP contribution is 2.32. The fourth-order valence-corrected chi connectivity index (χ4v) is 2.52. The van der Waals surface area contributed by atoms with Crippen molar-refractivity contribution in [1.82, 2.24) is 10.2 Å². The lowest BCUT2D eigenvalue weighted by Gasteiger charge is -1.96. The van der Waals surface area contributed by atoms with Crippen LogP contribution in [-0.4, -0.2) is 15.1 Å². The van der Waals surface area contributed by atoms with Crippen molar-refractivity contribution < 1.29 is 13.8 Å². The van der Waals surface area contributed by atoms with E-state index < -0.39 is 4.92 Å². The molecule has 4 rings (SSSR count). The number of nitrogens with zero attached hydrogens (tertiary/aromatic N) is 3. The lowest BCUT2D eigenvalue weighted by atomic mass is 10.2. The second kappa shape index (κ2) is 5.47. The van der Waals surface area contributed by atoms with Gasteiger partial charge in [0, 0.05) is 11.5 Å². The molecule has 0 radical (unpaired) electrons. The van der Waals surface area contributed by atoms with Gasteiger partial charge in [-0.05, 0) is 24.3 Å². The lowest BCUT2D eigenvalue weighted by molar-refractivity contribution is -0.384. The van der Waals surface area contributed by atoms with Gasteiger partial charge in [-0.1, -0.05) is 23.7 Å². The van der Waals surface area contributed by atoms with E-state index in [1.807, 2.05) is 6.07 Å². The molecule has 0 aliphatic heterocycles. The van der Waals surface area contributed by atoms with Crippen LogP contribution in [0, 0.1) is 10.1 Å². The summed E-state index contributed by atoms with van der Waals surface area (Å²) < 4.78 is 11.2. The average Bonchev–Trinajstić information content (AvgIpc) is 3.21. The second-order valence-corrected chi connectivity index (χ2v) is 5.39. The summed E-state index contributed by atoms with van der Waals surface area (Å²) in [6.07, 6.45) is 0. The zero-order valence-corrected chi connectivity index (χ0v) is 12.7. The molecule has 2 aromatic carbocycles. The third-order valence-electron chi connectivity index (χ3n) is 3.45. The molecule has 0 amide bonds. The van der Waals surface area contributed by atoms with Crippen LogP contribution in [0.1, 0.15) is 0 Å². The van der Waals surface area contributed by atoms with Crippen molar-refractivity contribution in [2.24, 2.45) is 0 Å². The second-order valence-electron chi connectivity index (χ2n) is 4.98. The van der Waals surface area contributed by atoms with Crippen molar-refractivity contribution in [3.63, 3.8) is 0 Å². The Morgan fingerprint density at radius 3 is 2.58 bits per heavy atom. The van der Waals surface area contributed by atoms with E-state index in [0.29, 0.717) is 27.3 Å². The minimum Gasteiger partial charge on any atom is -0.451 e. The normalized spacial score (nSPS) is 11.0. The van der Waals surface area contributed by atoms with Gasteiger partial charge in [-0.3, -0.25) is 10.1 Å². The zero-order chi connectivity index (χ0) is 16.7. The Morgan fingerprint density at radius 1 is 1.00 bits per heavy atom. The van der Waals surface area contributed by atoms with E-state index in [1.54, 1.807) is 30.3 Å². The molecule has 8 heteroatoms. The van der Waals surface area contributed by atoms with Crippen molar-refractivity contribution in [2.45, 2.75) is 0 Å². The van der Waals surface area contributed by atoms with Crippen molar-refractivity contribution in [2.75, 3.05) is 0 Å². The molecule has 0 aliphatic rings.